The van der Waals surface area contributed by atoms with Gasteiger partial charge < -0.3 is 14.4 Å². The monoisotopic (exact) mass is 261 g/mol. The van der Waals surface area contributed by atoms with E-state index in [4.69, 9.17) is 4.74 Å². The van der Waals surface area contributed by atoms with E-state index in [0.717, 1.165) is 16.6 Å². The van der Waals surface area contributed by atoms with Crippen LogP contribution in [-0.2, 0) is 11.3 Å². The first-order valence-corrected chi connectivity index (χ1v) is 6.46. The molecular formula is C15H19NO3. The van der Waals surface area contributed by atoms with Crippen molar-refractivity contribution < 1.29 is 14.6 Å². The number of nitrogens with zero attached hydrogens (tertiary/aromatic N) is 1. The molecule has 0 spiro atoms. The topological polar surface area (TPSA) is 51.5 Å². The predicted molar refractivity (Wildman–Crippen MR) is 74.8 cm³/mol. The van der Waals surface area contributed by atoms with Crippen molar-refractivity contribution in [1.82, 2.24) is 4.57 Å². The molecule has 1 N–H and O–H groups in total. The maximum Gasteiger partial charge on any atom is 0.162 e. The van der Waals surface area contributed by atoms with Crippen LogP contribution in [0.15, 0.2) is 18.2 Å². The number of aromatic hydroxyl groups is 1. The summed E-state index contributed by atoms with van der Waals surface area (Å²) in [7, 11) is 0. The number of phenolic OH excluding ortho intramolecular Hbond substituents is 1. The van der Waals surface area contributed by atoms with Gasteiger partial charge in [-0.1, -0.05) is 0 Å². The van der Waals surface area contributed by atoms with Gasteiger partial charge in [0.05, 0.1) is 6.61 Å². The molecule has 0 unspecified atom stereocenters. The average molecular weight is 261 g/mol. The number of carbonyl (C=O) groups excluding carboxylic acids is 1. The van der Waals surface area contributed by atoms with Crippen LogP contribution in [0.3, 0.4) is 0 Å². The number of rotatable bonds is 5. The molecule has 2 rings (SSSR count). The molecular weight excluding hydrogens is 242 g/mol. The molecule has 4 heteroatoms. The van der Waals surface area contributed by atoms with Crippen molar-refractivity contribution in [3.05, 3.63) is 29.5 Å². The van der Waals surface area contributed by atoms with Crippen molar-refractivity contribution >= 4 is 16.7 Å². The molecule has 4 nitrogen and oxygen atoms in total. The predicted octanol–water partition coefficient (Wildman–Crippen LogP) is 2.89. The highest BCUT2D eigenvalue weighted by Crippen LogP contribution is 2.29. The summed E-state index contributed by atoms with van der Waals surface area (Å²) in [5.41, 5.74) is 2.57. The number of ether oxygens (including phenoxy) is 1. The number of aromatic nitrogens is 1. The molecule has 0 amide bonds. The zero-order chi connectivity index (χ0) is 14.0. The Morgan fingerprint density at radius 1 is 1.42 bits per heavy atom. The Hall–Kier alpha value is -1.81. The van der Waals surface area contributed by atoms with Crippen LogP contribution in [0.1, 0.15) is 29.9 Å². The fourth-order valence-electron chi connectivity index (χ4n) is 2.50. The minimum Gasteiger partial charge on any atom is -0.508 e. The van der Waals surface area contributed by atoms with E-state index in [1.807, 2.05) is 19.9 Å². The number of fused-ring (bicyclic) bond motifs is 1. The normalized spacial score (nSPS) is 11.1. The molecule has 0 aliphatic carbocycles. The first-order chi connectivity index (χ1) is 9.06. The summed E-state index contributed by atoms with van der Waals surface area (Å²) in [6.45, 7) is 7.43. The molecule has 0 aliphatic heterocycles. The van der Waals surface area contributed by atoms with Gasteiger partial charge in [0.1, 0.15) is 5.75 Å². The number of hydrogen-bond acceptors (Lipinski definition) is 3. The smallest absolute Gasteiger partial charge is 0.162 e. The minimum atomic E-state index is 0.0169. The zero-order valence-electron chi connectivity index (χ0n) is 11.6. The lowest BCUT2D eigenvalue weighted by molar-refractivity contribution is 0.101. The minimum absolute atomic E-state index is 0.0169. The summed E-state index contributed by atoms with van der Waals surface area (Å²) >= 11 is 0. The fraction of sp³-hybridized carbons (Fsp3) is 0.400. The second kappa shape index (κ2) is 5.45. The van der Waals surface area contributed by atoms with Gasteiger partial charge in [-0.15, -0.1) is 0 Å². The highest BCUT2D eigenvalue weighted by atomic mass is 16.5. The van der Waals surface area contributed by atoms with Crippen LogP contribution < -0.4 is 0 Å². The Balaban J connectivity index is 2.56. The molecule has 0 bridgehead atoms. The van der Waals surface area contributed by atoms with Gasteiger partial charge in [0, 0.05) is 35.3 Å². The molecule has 1 heterocycles. The zero-order valence-corrected chi connectivity index (χ0v) is 11.6. The Bertz CT molecular complexity index is 613. The lowest BCUT2D eigenvalue weighted by atomic mass is 10.1. The summed E-state index contributed by atoms with van der Waals surface area (Å²) in [6, 6.07) is 5.13. The standard InChI is InChI=1S/C15H19NO3/c1-4-19-8-7-16-10(2)15(11(3)17)13-9-12(18)5-6-14(13)16/h5-6,9,18H,4,7-8H2,1-3H3. The summed E-state index contributed by atoms with van der Waals surface area (Å²) < 4.78 is 7.45. The van der Waals surface area contributed by atoms with Crippen molar-refractivity contribution in [2.75, 3.05) is 13.2 Å². The van der Waals surface area contributed by atoms with Crippen LogP contribution in [0, 0.1) is 6.92 Å². The first kappa shape index (κ1) is 13.6. The molecule has 1 aromatic carbocycles. The molecule has 0 radical (unpaired) electrons. The van der Waals surface area contributed by atoms with Crippen LogP contribution >= 0.6 is 0 Å². The Morgan fingerprint density at radius 3 is 2.79 bits per heavy atom. The van der Waals surface area contributed by atoms with Crippen LogP contribution in [0.25, 0.3) is 10.9 Å². The molecule has 102 valence electrons. The molecule has 0 saturated carbocycles. The second-order valence-electron chi connectivity index (χ2n) is 4.57. The molecule has 0 fully saturated rings. The molecule has 19 heavy (non-hydrogen) atoms. The molecule has 0 aliphatic rings. The van der Waals surface area contributed by atoms with E-state index in [1.165, 1.54) is 0 Å². The number of ketones is 1. The third kappa shape index (κ3) is 2.49. The number of carbonyl (C=O) groups is 1. The van der Waals surface area contributed by atoms with E-state index >= 15 is 0 Å². The Morgan fingerprint density at radius 2 is 2.16 bits per heavy atom. The molecule has 0 saturated heterocycles. The van der Waals surface area contributed by atoms with Crippen LogP contribution in [0.5, 0.6) is 5.75 Å². The fourth-order valence-corrected chi connectivity index (χ4v) is 2.50. The highest BCUT2D eigenvalue weighted by Gasteiger charge is 2.17. The van der Waals surface area contributed by atoms with Gasteiger partial charge in [0.25, 0.3) is 0 Å². The van der Waals surface area contributed by atoms with Gasteiger partial charge >= 0.3 is 0 Å². The molecule has 2 aromatic rings. The summed E-state index contributed by atoms with van der Waals surface area (Å²) in [5, 5.41) is 10.4. The third-order valence-electron chi connectivity index (χ3n) is 3.32. The Kier molecular flexibility index (Phi) is 3.90. The van der Waals surface area contributed by atoms with E-state index < -0.39 is 0 Å². The SMILES string of the molecule is CCOCCn1c(C)c(C(C)=O)c2cc(O)ccc21. The number of hydrogen-bond donors (Lipinski definition) is 1. The quantitative estimate of drug-likeness (QED) is 0.665. The van der Waals surface area contributed by atoms with Crippen molar-refractivity contribution in [2.45, 2.75) is 27.3 Å². The highest BCUT2D eigenvalue weighted by molar-refractivity contribution is 6.08. The van der Waals surface area contributed by atoms with Crippen LogP contribution in [-0.4, -0.2) is 28.7 Å². The first-order valence-electron chi connectivity index (χ1n) is 6.46. The van der Waals surface area contributed by atoms with Crippen LogP contribution in [0.4, 0.5) is 0 Å². The lowest BCUT2D eigenvalue weighted by Gasteiger charge is -2.08. The number of Topliss-reactive ketones (excluding diaryl/α,β-unsaturated/α-hetero) is 1. The summed E-state index contributed by atoms with van der Waals surface area (Å²) in [6.07, 6.45) is 0. The third-order valence-corrected chi connectivity index (χ3v) is 3.32. The maximum absolute atomic E-state index is 11.8. The largest absolute Gasteiger partial charge is 0.508 e. The number of benzene rings is 1. The van der Waals surface area contributed by atoms with Crippen molar-refractivity contribution in [2.24, 2.45) is 0 Å². The lowest BCUT2D eigenvalue weighted by Crippen LogP contribution is -2.08. The van der Waals surface area contributed by atoms with Gasteiger partial charge in [-0.3, -0.25) is 4.79 Å². The van der Waals surface area contributed by atoms with E-state index in [9.17, 15) is 9.90 Å². The van der Waals surface area contributed by atoms with Gasteiger partial charge in [0.2, 0.25) is 0 Å². The van der Waals surface area contributed by atoms with Gasteiger partial charge in [-0.05, 0) is 39.0 Å². The van der Waals surface area contributed by atoms with Crippen LogP contribution in [0.2, 0.25) is 0 Å². The number of phenols is 1. The van der Waals surface area contributed by atoms with Crippen molar-refractivity contribution in [3.8, 4) is 5.75 Å². The van der Waals surface area contributed by atoms with E-state index in [-0.39, 0.29) is 11.5 Å². The van der Waals surface area contributed by atoms with Crippen molar-refractivity contribution in [3.63, 3.8) is 0 Å². The van der Waals surface area contributed by atoms with Gasteiger partial charge in [0.15, 0.2) is 5.78 Å². The Labute approximate surface area is 112 Å². The van der Waals surface area contributed by atoms with E-state index in [1.54, 1.807) is 19.1 Å². The maximum atomic E-state index is 11.8. The van der Waals surface area contributed by atoms with Crippen molar-refractivity contribution in [1.29, 1.82) is 0 Å². The molecule has 1 aromatic heterocycles. The van der Waals surface area contributed by atoms with Gasteiger partial charge in [-0.25, -0.2) is 0 Å². The average Bonchev–Trinajstić information content (AvgIpc) is 2.62. The molecule has 0 atom stereocenters. The second-order valence-corrected chi connectivity index (χ2v) is 4.57. The summed E-state index contributed by atoms with van der Waals surface area (Å²) in [4.78, 5) is 11.8. The summed E-state index contributed by atoms with van der Waals surface area (Å²) in [5.74, 6) is 0.195. The van der Waals surface area contributed by atoms with Gasteiger partial charge in [-0.2, -0.15) is 0 Å². The van der Waals surface area contributed by atoms with E-state index in [0.29, 0.717) is 25.3 Å². The van der Waals surface area contributed by atoms with E-state index in [2.05, 4.69) is 4.57 Å².